The van der Waals surface area contributed by atoms with Gasteiger partial charge in [-0.05, 0) is 79.9 Å². The molecule has 1 aliphatic rings. The fourth-order valence-electron chi connectivity index (χ4n) is 3.85. The smallest absolute Gasteiger partial charge is 0.193 e. The number of hydrogen-bond acceptors (Lipinski definition) is 7. The summed E-state index contributed by atoms with van der Waals surface area (Å²) in [7, 11) is 0. The van der Waals surface area contributed by atoms with Gasteiger partial charge in [0.25, 0.3) is 0 Å². The van der Waals surface area contributed by atoms with Crippen molar-refractivity contribution in [2.24, 2.45) is 10.3 Å². The fourth-order valence-corrected chi connectivity index (χ4v) is 3.85. The van der Waals surface area contributed by atoms with E-state index < -0.39 is 0 Å². The third-order valence-electron chi connectivity index (χ3n) is 5.68. The van der Waals surface area contributed by atoms with Crippen molar-refractivity contribution in [1.29, 1.82) is 5.26 Å². The summed E-state index contributed by atoms with van der Waals surface area (Å²) < 4.78 is 0. The number of nitrogens with zero attached hydrogens (tertiary/aromatic N) is 4. The average molecular weight is 440 g/mol. The number of carbonyl (C=O) groups is 1. The van der Waals surface area contributed by atoms with Crippen molar-refractivity contribution in [3.8, 4) is 6.07 Å². The van der Waals surface area contributed by atoms with Gasteiger partial charge in [0.2, 0.25) is 0 Å². The Kier molecular flexibility index (Phi) is 6.48. The first-order chi connectivity index (χ1) is 16.0. The van der Waals surface area contributed by atoms with E-state index in [0.717, 1.165) is 28.2 Å². The average Bonchev–Trinajstić information content (AvgIpc) is 3.28. The lowest BCUT2D eigenvalue weighted by molar-refractivity contribution is 0.103. The van der Waals surface area contributed by atoms with Crippen molar-refractivity contribution in [2.75, 3.05) is 23.5 Å². The molecule has 2 N–H and O–H groups in total. The second kappa shape index (κ2) is 9.63. The van der Waals surface area contributed by atoms with Crippen LogP contribution in [0, 0.1) is 25.2 Å². The van der Waals surface area contributed by atoms with Crippen LogP contribution in [0.2, 0.25) is 0 Å². The number of carbonyl (C=O) groups excluding carboxylic acids is 1. The number of anilines is 3. The van der Waals surface area contributed by atoms with Crippen LogP contribution in [0.1, 0.15) is 39.0 Å². The quantitative estimate of drug-likeness (QED) is 0.500. The molecule has 3 aromatic rings. The highest BCUT2D eigenvalue weighted by Gasteiger charge is 2.22. The SMILES string of the molecule is Cc1cc(Nc2cccc(C#N)c2)ccc1C(=O)c1cc(N2CC(CCO)N=N2)ccc1C. The maximum absolute atomic E-state index is 13.4. The number of hydrogen-bond donors (Lipinski definition) is 2. The Morgan fingerprint density at radius 1 is 1.09 bits per heavy atom. The van der Waals surface area contributed by atoms with E-state index in [1.165, 1.54) is 0 Å². The minimum absolute atomic E-state index is 0.0356. The maximum atomic E-state index is 13.4. The van der Waals surface area contributed by atoms with Crippen LogP contribution in [0.3, 0.4) is 0 Å². The van der Waals surface area contributed by atoms with Crippen molar-refractivity contribution in [3.63, 3.8) is 0 Å². The van der Waals surface area contributed by atoms with Gasteiger partial charge in [-0.1, -0.05) is 17.4 Å². The molecule has 1 heterocycles. The second-order valence-corrected chi connectivity index (χ2v) is 8.13. The van der Waals surface area contributed by atoms with Gasteiger partial charge in [-0.3, -0.25) is 4.79 Å². The summed E-state index contributed by atoms with van der Waals surface area (Å²) >= 11 is 0. The van der Waals surface area contributed by atoms with Crippen LogP contribution in [0.4, 0.5) is 17.1 Å². The molecule has 0 saturated carbocycles. The molecule has 7 heteroatoms. The van der Waals surface area contributed by atoms with E-state index >= 15 is 0 Å². The Morgan fingerprint density at radius 3 is 2.67 bits per heavy atom. The molecule has 1 aliphatic heterocycles. The normalized spacial score (nSPS) is 14.8. The number of benzene rings is 3. The molecular weight excluding hydrogens is 414 g/mol. The molecule has 1 atom stereocenters. The third-order valence-corrected chi connectivity index (χ3v) is 5.68. The molecular formula is C26H25N5O2. The summed E-state index contributed by atoms with van der Waals surface area (Å²) in [5, 5.41) is 31.7. The minimum Gasteiger partial charge on any atom is -0.396 e. The number of aryl methyl sites for hydroxylation is 2. The van der Waals surface area contributed by atoms with Gasteiger partial charge in [-0.15, -0.1) is 0 Å². The Balaban J connectivity index is 1.55. The molecule has 0 aliphatic carbocycles. The number of ketones is 1. The van der Waals surface area contributed by atoms with Crippen molar-refractivity contribution < 1.29 is 9.90 Å². The number of aliphatic hydroxyl groups excluding tert-OH is 1. The highest BCUT2D eigenvalue weighted by molar-refractivity contribution is 6.11. The van der Waals surface area contributed by atoms with E-state index in [4.69, 9.17) is 10.4 Å². The van der Waals surface area contributed by atoms with Crippen molar-refractivity contribution in [3.05, 3.63) is 88.5 Å². The van der Waals surface area contributed by atoms with Gasteiger partial charge in [-0.25, -0.2) is 5.01 Å². The molecule has 1 unspecified atom stereocenters. The van der Waals surface area contributed by atoms with Crippen LogP contribution in [-0.4, -0.2) is 30.1 Å². The number of rotatable bonds is 7. The van der Waals surface area contributed by atoms with Gasteiger partial charge in [0, 0.05) is 29.1 Å². The molecule has 0 spiro atoms. The zero-order chi connectivity index (χ0) is 23.4. The van der Waals surface area contributed by atoms with Crippen LogP contribution in [0.25, 0.3) is 0 Å². The Bertz CT molecular complexity index is 1260. The standard InChI is InChI=1S/C26H25N5O2/c1-17-6-8-23(31-16-22(10-11-32)29-30-31)14-25(17)26(33)24-9-7-21(12-18(24)2)28-20-5-3-4-19(13-20)15-27/h3-9,12-14,22,28,32H,10-11,16H2,1-2H3. The van der Waals surface area contributed by atoms with Gasteiger partial charge >= 0.3 is 0 Å². The third kappa shape index (κ3) is 4.92. The predicted molar refractivity (Wildman–Crippen MR) is 128 cm³/mol. The van der Waals surface area contributed by atoms with Crippen molar-refractivity contribution in [2.45, 2.75) is 26.3 Å². The van der Waals surface area contributed by atoms with E-state index in [0.29, 0.717) is 29.7 Å². The molecule has 3 aromatic carbocycles. The summed E-state index contributed by atoms with van der Waals surface area (Å²) in [5.41, 5.74) is 6.05. The van der Waals surface area contributed by atoms with Gasteiger partial charge < -0.3 is 10.4 Å². The first-order valence-corrected chi connectivity index (χ1v) is 10.8. The van der Waals surface area contributed by atoms with Gasteiger partial charge in [0.05, 0.1) is 29.9 Å². The van der Waals surface area contributed by atoms with Crippen LogP contribution in [-0.2, 0) is 0 Å². The Morgan fingerprint density at radius 2 is 1.91 bits per heavy atom. The highest BCUT2D eigenvalue weighted by Crippen LogP contribution is 2.28. The van der Waals surface area contributed by atoms with Crippen molar-refractivity contribution in [1.82, 2.24) is 0 Å². The zero-order valence-corrected chi connectivity index (χ0v) is 18.6. The lowest BCUT2D eigenvalue weighted by Gasteiger charge is -2.16. The summed E-state index contributed by atoms with van der Waals surface area (Å²) in [6.45, 7) is 4.49. The summed E-state index contributed by atoms with van der Waals surface area (Å²) in [6, 6.07) is 20.7. The monoisotopic (exact) mass is 439 g/mol. The maximum Gasteiger partial charge on any atom is 0.193 e. The van der Waals surface area contributed by atoms with E-state index in [1.807, 2.05) is 62.4 Å². The van der Waals surface area contributed by atoms with Gasteiger partial charge in [-0.2, -0.15) is 10.4 Å². The summed E-state index contributed by atoms with van der Waals surface area (Å²) in [6.07, 6.45) is 0.567. The molecule has 4 rings (SSSR count). The lowest BCUT2D eigenvalue weighted by atomic mass is 9.95. The van der Waals surface area contributed by atoms with E-state index in [1.54, 1.807) is 17.1 Å². The highest BCUT2D eigenvalue weighted by atomic mass is 16.3. The van der Waals surface area contributed by atoms with Crippen LogP contribution < -0.4 is 10.3 Å². The number of nitrogens with one attached hydrogen (secondary N) is 1. The Hall–Kier alpha value is -4.02. The lowest BCUT2D eigenvalue weighted by Crippen LogP contribution is -2.21. The second-order valence-electron chi connectivity index (χ2n) is 8.13. The fraction of sp³-hybridized carbons (Fsp3) is 0.231. The zero-order valence-electron chi connectivity index (χ0n) is 18.6. The minimum atomic E-state index is -0.0482. The topological polar surface area (TPSA) is 101 Å². The largest absolute Gasteiger partial charge is 0.396 e. The predicted octanol–water partition coefficient (Wildman–Crippen LogP) is 5.09. The molecule has 0 fully saturated rings. The molecule has 0 aromatic heterocycles. The van der Waals surface area contributed by atoms with Crippen LogP contribution in [0.5, 0.6) is 0 Å². The van der Waals surface area contributed by atoms with E-state index in [9.17, 15) is 4.79 Å². The van der Waals surface area contributed by atoms with Crippen LogP contribution in [0.15, 0.2) is 71.0 Å². The van der Waals surface area contributed by atoms with Crippen molar-refractivity contribution >= 4 is 22.8 Å². The van der Waals surface area contributed by atoms with E-state index in [-0.39, 0.29) is 18.4 Å². The molecule has 7 nitrogen and oxygen atoms in total. The molecule has 0 radical (unpaired) electrons. The molecule has 0 bridgehead atoms. The Labute approximate surface area is 193 Å². The first kappa shape index (κ1) is 22.2. The molecule has 33 heavy (non-hydrogen) atoms. The van der Waals surface area contributed by atoms with Crippen LogP contribution >= 0.6 is 0 Å². The number of nitriles is 1. The first-order valence-electron chi connectivity index (χ1n) is 10.8. The summed E-state index contributed by atoms with van der Waals surface area (Å²) in [5.74, 6) is -0.0482. The number of aliphatic hydroxyl groups is 1. The molecule has 0 amide bonds. The van der Waals surface area contributed by atoms with E-state index in [2.05, 4.69) is 21.7 Å². The van der Waals surface area contributed by atoms with Gasteiger partial charge in [0.15, 0.2) is 5.78 Å². The molecule has 166 valence electrons. The molecule has 0 saturated heterocycles. The van der Waals surface area contributed by atoms with Gasteiger partial charge in [0.1, 0.15) is 0 Å². The summed E-state index contributed by atoms with van der Waals surface area (Å²) in [4.78, 5) is 13.4.